The van der Waals surface area contributed by atoms with Crippen LogP contribution in [0.2, 0.25) is 5.02 Å². The Kier molecular flexibility index (Phi) is 8.52. The quantitative estimate of drug-likeness (QED) is 0.402. The third-order valence-corrected chi connectivity index (χ3v) is 7.35. The van der Waals surface area contributed by atoms with Gasteiger partial charge in [0.1, 0.15) is 5.60 Å². The van der Waals surface area contributed by atoms with Crippen LogP contribution in [0.3, 0.4) is 0 Å². The van der Waals surface area contributed by atoms with Crippen molar-refractivity contribution in [2.75, 3.05) is 37.6 Å². The number of amides is 2. The normalized spacial score (nSPS) is 15.2. The molecular formula is C27H34BrClN6O3. The molecule has 1 atom stereocenters. The minimum absolute atomic E-state index is 0.0246. The number of carbonyl (C=O) groups is 2. The number of fused-ring (bicyclic) bond motifs is 1. The standard InChI is InChI=1S/C27H34BrClN6O3/c1-17(2)35(26(37)38-27(3,4)5)16-21(18-6-8-19(29)9-7-18)25(36)34-12-10-33(11-13-34)23-20-14-31-32-24(20)30-15-22(23)28/h6-9,14-15,17,21H,10-13,16H2,1-5H3,(H,30,31,32)/t21-/m1/s1. The van der Waals surface area contributed by atoms with E-state index in [1.54, 1.807) is 29.4 Å². The average Bonchev–Trinajstić information content (AvgIpc) is 3.32. The number of halogens is 2. The summed E-state index contributed by atoms with van der Waals surface area (Å²) < 4.78 is 6.55. The van der Waals surface area contributed by atoms with Crippen LogP contribution < -0.4 is 4.90 Å². The average molecular weight is 606 g/mol. The number of aromatic nitrogens is 3. The molecule has 1 N–H and O–H groups in total. The van der Waals surface area contributed by atoms with Gasteiger partial charge in [0.05, 0.1) is 27.7 Å². The van der Waals surface area contributed by atoms with Gasteiger partial charge >= 0.3 is 6.09 Å². The van der Waals surface area contributed by atoms with E-state index >= 15 is 0 Å². The molecule has 2 amide bonds. The van der Waals surface area contributed by atoms with Crippen LogP contribution in [0.5, 0.6) is 0 Å². The highest BCUT2D eigenvalue weighted by Gasteiger charge is 2.34. The lowest BCUT2D eigenvalue weighted by molar-refractivity contribution is -0.133. The van der Waals surface area contributed by atoms with Crippen molar-refractivity contribution in [3.05, 3.63) is 51.7 Å². The minimum Gasteiger partial charge on any atom is -0.444 e. The molecule has 11 heteroatoms. The van der Waals surface area contributed by atoms with Crippen molar-refractivity contribution in [2.24, 2.45) is 0 Å². The molecule has 38 heavy (non-hydrogen) atoms. The maximum absolute atomic E-state index is 14.0. The highest BCUT2D eigenvalue weighted by molar-refractivity contribution is 9.10. The molecule has 1 fully saturated rings. The van der Waals surface area contributed by atoms with E-state index in [-0.39, 0.29) is 18.5 Å². The van der Waals surface area contributed by atoms with E-state index in [0.717, 1.165) is 26.8 Å². The van der Waals surface area contributed by atoms with Crippen LogP contribution in [0.1, 0.15) is 46.1 Å². The first kappa shape index (κ1) is 28.2. The van der Waals surface area contributed by atoms with Gasteiger partial charge in [0.2, 0.25) is 5.91 Å². The van der Waals surface area contributed by atoms with Crippen molar-refractivity contribution in [1.82, 2.24) is 25.0 Å². The summed E-state index contributed by atoms with van der Waals surface area (Å²) in [5.41, 5.74) is 1.91. The van der Waals surface area contributed by atoms with E-state index in [9.17, 15) is 9.59 Å². The Morgan fingerprint density at radius 2 is 1.79 bits per heavy atom. The number of carbonyl (C=O) groups excluding carboxylic acids is 2. The molecule has 3 heterocycles. The van der Waals surface area contributed by atoms with E-state index in [0.29, 0.717) is 31.2 Å². The SMILES string of the molecule is CC(C)N(C[C@@H](C(=O)N1CCN(c2c(Br)cnc3[nH]ncc23)CC1)c1ccc(Cl)cc1)C(=O)OC(C)(C)C. The zero-order valence-corrected chi connectivity index (χ0v) is 24.7. The zero-order chi connectivity index (χ0) is 27.6. The molecule has 4 rings (SSSR count). The number of anilines is 1. The van der Waals surface area contributed by atoms with E-state index in [4.69, 9.17) is 16.3 Å². The van der Waals surface area contributed by atoms with Gasteiger partial charge in [-0.3, -0.25) is 9.89 Å². The van der Waals surface area contributed by atoms with Gasteiger partial charge in [-0.15, -0.1) is 0 Å². The molecule has 0 unspecified atom stereocenters. The molecule has 204 valence electrons. The predicted octanol–water partition coefficient (Wildman–Crippen LogP) is 5.45. The summed E-state index contributed by atoms with van der Waals surface area (Å²) in [5.74, 6) is -0.578. The van der Waals surface area contributed by atoms with E-state index in [1.165, 1.54) is 0 Å². The molecule has 1 aliphatic rings. The third-order valence-electron chi connectivity index (χ3n) is 6.52. The number of rotatable bonds is 6. The fourth-order valence-corrected chi connectivity index (χ4v) is 5.28. The number of aromatic amines is 1. The molecule has 0 bridgehead atoms. The van der Waals surface area contributed by atoms with Crippen molar-refractivity contribution < 1.29 is 14.3 Å². The van der Waals surface area contributed by atoms with Crippen LogP contribution >= 0.6 is 27.5 Å². The first-order valence-corrected chi connectivity index (χ1v) is 13.9. The van der Waals surface area contributed by atoms with Gasteiger partial charge in [0.25, 0.3) is 0 Å². The highest BCUT2D eigenvalue weighted by atomic mass is 79.9. The fraction of sp³-hybridized carbons (Fsp3) is 0.481. The van der Waals surface area contributed by atoms with Gasteiger partial charge in [0, 0.05) is 50.0 Å². The summed E-state index contributed by atoms with van der Waals surface area (Å²) in [4.78, 5) is 37.2. The van der Waals surface area contributed by atoms with Crippen LogP contribution in [0, 0.1) is 0 Å². The Bertz CT molecular complexity index is 1280. The second-order valence-corrected chi connectivity index (χ2v) is 12.0. The van der Waals surface area contributed by atoms with Crippen LogP contribution in [0.15, 0.2) is 41.1 Å². The molecule has 0 spiro atoms. The summed E-state index contributed by atoms with van der Waals surface area (Å²) in [6.07, 6.45) is 3.10. The van der Waals surface area contributed by atoms with Gasteiger partial charge in [-0.1, -0.05) is 23.7 Å². The summed E-state index contributed by atoms with van der Waals surface area (Å²) in [5, 5.41) is 8.57. The van der Waals surface area contributed by atoms with E-state index < -0.39 is 17.6 Å². The van der Waals surface area contributed by atoms with Crippen LogP contribution in [0.25, 0.3) is 11.0 Å². The van der Waals surface area contributed by atoms with Crippen molar-refractivity contribution >= 4 is 56.3 Å². The first-order chi connectivity index (χ1) is 17.9. The zero-order valence-electron chi connectivity index (χ0n) is 22.4. The topological polar surface area (TPSA) is 94.7 Å². The molecule has 0 radical (unpaired) electrons. The summed E-state index contributed by atoms with van der Waals surface area (Å²) >= 11 is 9.77. The molecule has 1 aliphatic heterocycles. The Balaban J connectivity index is 1.55. The molecule has 2 aromatic heterocycles. The number of piperazine rings is 1. The molecule has 1 aromatic carbocycles. The number of nitrogens with one attached hydrogen (secondary N) is 1. The largest absolute Gasteiger partial charge is 0.444 e. The lowest BCUT2D eigenvalue weighted by atomic mass is 9.96. The Labute approximate surface area is 236 Å². The lowest BCUT2D eigenvalue weighted by Gasteiger charge is -2.39. The summed E-state index contributed by atoms with van der Waals surface area (Å²) in [6, 6.07) is 7.13. The fourth-order valence-electron chi connectivity index (χ4n) is 4.59. The van der Waals surface area contributed by atoms with Crippen LogP contribution in [-0.4, -0.2) is 81.3 Å². The summed E-state index contributed by atoms with van der Waals surface area (Å²) in [7, 11) is 0. The first-order valence-electron chi connectivity index (χ1n) is 12.7. The number of benzene rings is 1. The molecule has 0 aliphatic carbocycles. The van der Waals surface area contributed by atoms with Gasteiger partial charge < -0.3 is 19.4 Å². The molecule has 3 aromatic rings. The van der Waals surface area contributed by atoms with Crippen molar-refractivity contribution in [3.63, 3.8) is 0 Å². The third kappa shape index (κ3) is 6.40. The maximum Gasteiger partial charge on any atom is 0.410 e. The molecule has 0 saturated carbocycles. The smallest absolute Gasteiger partial charge is 0.410 e. The number of H-pyrrole nitrogens is 1. The second-order valence-electron chi connectivity index (χ2n) is 10.7. The van der Waals surface area contributed by atoms with Crippen molar-refractivity contribution in [1.29, 1.82) is 0 Å². The Morgan fingerprint density at radius 3 is 2.39 bits per heavy atom. The molecular weight excluding hydrogens is 572 g/mol. The minimum atomic E-state index is -0.637. The second kappa shape index (κ2) is 11.5. The van der Waals surface area contributed by atoms with Gasteiger partial charge in [-0.2, -0.15) is 5.10 Å². The van der Waals surface area contributed by atoms with Gasteiger partial charge in [-0.25, -0.2) is 9.78 Å². The maximum atomic E-state index is 14.0. The highest BCUT2D eigenvalue weighted by Crippen LogP contribution is 2.33. The molecule has 9 nitrogen and oxygen atoms in total. The van der Waals surface area contributed by atoms with E-state index in [1.807, 2.05) is 51.7 Å². The number of pyridine rings is 1. The predicted molar refractivity (Wildman–Crippen MR) is 153 cm³/mol. The van der Waals surface area contributed by atoms with Crippen molar-refractivity contribution in [3.8, 4) is 0 Å². The van der Waals surface area contributed by atoms with Crippen LogP contribution in [-0.2, 0) is 9.53 Å². The molecule has 1 saturated heterocycles. The number of nitrogens with zero attached hydrogens (tertiary/aromatic N) is 5. The lowest BCUT2D eigenvalue weighted by Crippen LogP contribution is -2.52. The number of hydrogen-bond acceptors (Lipinski definition) is 6. The monoisotopic (exact) mass is 604 g/mol. The summed E-state index contributed by atoms with van der Waals surface area (Å²) in [6.45, 7) is 12.0. The van der Waals surface area contributed by atoms with Crippen LogP contribution in [0.4, 0.5) is 10.5 Å². The van der Waals surface area contributed by atoms with Crippen molar-refractivity contribution in [2.45, 2.75) is 52.2 Å². The van der Waals surface area contributed by atoms with Gasteiger partial charge in [0.15, 0.2) is 5.65 Å². The number of ether oxygens (including phenoxy) is 1. The number of hydrogen-bond donors (Lipinski definition) is 1. The van der Waals surface area contributed by atoms with Gasteiger partial charge in [-0.05, 0) is 68.2 Å². The Morgan fingerprint density at radius 1 is 1.13 bits per heavy atom. The van der Waals surface area contributed by atoms with E-state index in [2.05, 4.69) is 36.0 Å². The Hall–Kier alpha value is -2.85.